The summed E-state index contributed by atoms with van der Waals surface area (Å²) < 4.78 is 3.24. The van der Waals surface area contributed by atoms with Crippen LogP contribution in [0.4, 0.5) is 11.5 Å². The van der Waals surface area contributed by atoms with Gasteiger partial charge in [-0.2, -0.15) is 9.78 Å². The van der Waals surface area contributed by atoms with Crippen molar-refractivity contribution in [3.8, 4) is 0 Å². The molecular weight excluding hydrogens is 443 g/mol. The summed E-state index contributed by atoms with van der Waals surface area (Å²) in [6.45, 7) is 7.79. The Morgan fingerprint density at radius 2 is 1.90 bits per heavy atom. The lowest BCUT2D eigenvalue weighted by atomic mass is 10.1. The molecule has 0 aliphatic heterocycles. The van der Waals surface area contributed by atoms with Crippen molar-refractivity contribution in [3.05, 3.63) is 67.1 Å². The SMILES string of the molecule is Cc1nn(Cc2ccc(Cl)cc2Cl)c(C)c1NC(=O)C(C)Cn1nc([N+](=O)[O-])cc1C. The van der Waals surface area contributed by atoms with E-state index >= 15 is 0 Å². The Balaban J connectivity index is 1.73. The summed E-state index contributed by atoms with van der Waals surface area (Å²) in [6, 6.07) is 6.66. The molecule has 0 aliphatic carbocycles. The van der Waals surface area contributed by atoms with Crippen molar-refractivity contribution in [2.75, 3.05) is 5.32 Å². The van der Waals surface area contributed by atoms with E-state index in [4.69, 9.17) is 23.2 Å². The van der Waals surface area contributed by atoms with Gasteiger partial charge in [-0.3, -0.25) is 9.48 Å². The second-order valence-corrected chi connectivity index (χ2v) is 8.26. The molecular formula is C20H22Cl2N6O3. The summed E-state index contributed by atoms with van der Waals surface area (Å²) in [5.74, 6) is -0.933. The third kappa shape index (κ3) is 5.05. The lowest BCUT2D eigenvalue weighted by Gasteiger charge is -2.12. The number of anilines is 1. The normalized spacial score (nSPS) is 12.1. The molecule has 0 radical (unpaired) electrons. The van der Waals surface area contributed by atoms with E-state index in [-0.39, 0.29) is 18.3 Å². The fraction of sp³-hybridized carbons (Fsp3) is 0.350. The van der Waals surface area contributed by atoms with Crippen LogP contribution in [-0.4, -0.2) is 30.4 Å². The molecule has 1 unspecified atom stereocenters. The van der Waals surface area contributed by atoms with Gasteiger partial charge in [0.1, 0.15) is 0 Å². The van der Waals surface area contributed by atoms with Crippen LogP contribution >= 0.6 is 23.2 Å². The molecule has 0 bridgehead atoms. The fourth-order valence-electron chi connectivity index (χ4n) is 3.20. The van der Waals surface area contributed by atoms with Crippen LogP contribution in [0.5, 0.6) is 0 Å². The average molecular weight is 465 g/mol. The first-order valence-electron chi connectivity index (χ1n) is 9.54. The molecule has 164 valence electrons. The van der Waals surface area contributed by atoms with Crippen molar-refractivity contribution in [3.63, 3.8) is 0 Å². The van der Waals surface area contributed by atoms with E-state index in [1.807, 2.05) is 19.9 Å². The molecule has 2 heterocycles. The van der Waals surface area contributed by atoms with Crippen molar-refractivity contribution in [2.45, 2.75) is 40.8 Å². The van der Waals surface area contributed by atoms with Gasteiger partial charge in [-0.15, -0.1) is 0 Å². The molecule has 3 rings (SSSR count). The molecule has 0 aliphatic rings. The first-order valence-corrected chi connectivity index (χ1v) is 10.3. The standard InChI is InChI=1S/C20H22Cl2N6O3/c1-11(9-26-12(2)7-18(25-26)28(30)31)20(29)23-19-13(3)24-27(14(19)4)10-15-5-6-16(21)8-17(15)22/h5-8,11H,9-10H2,1-4H3,(H,23,29). The molecule has 0 saturated carbocycles. The van der Waals surface area contributed by atoms with Crippen LogP contribution in [0.3, 0.4) is 0 Å². The summed E-state index contributed by atoms with van der Waals surface area (Å²) in [5.41, 5.74) is 3.57. The smallest absolute Gasteiger partial charge is 0.358 e. The van der Waals surface area contributed by atoms with E-state index in [1.54, 1.807) is 30.7 Å². The number of halogens is 2. The Kier molecular flexibility index (Phi) is 6.66. The minimum Gasteiger partial charge on any atom is -0.358 e. The molecule has 3 aromatic rings. The van der Waals surface area contributed by atoms with Crippen molar-refractivity contribution < 1.29 is 9.72 Å². The summed E-state index contributed by atoms with van der Waals surface area (Å²) in [6.07, 6.45) is 0. The van der Waals surface area contributed by atoms with Gasteiger partial charge in [0.05, 0.1) is 52.9 Å². The number of nitrogens with one attached hydrogen (secondary N) is 1. The second kappa shape index (κ2) is 9.07. The Labute approximate surface area is 189 Å². The van der Waals surface area contributed by atoms with E-state index in [0.717, 1.165) is 11.3 Å². The van der Waals surface area contributed by atoms with E-state index in [0.29, 0.717) is 33.7 Å². The molecule has 1 aromatic carbocycles. The number of carbonyl (C=O) groups excluding carboxylic acids is 1. The number of amides is 1. The number of rotatable bonds is 7. The highest BCUT2D eigenvalue weighted by Crippen LogP contribution is 2.25. The van der Waals surface area contributed by atoms with Gasteiger partial charge in [0.25, 0.3) is 0 Å². The van der Waals surface area contributed by atoms with Crippen LogP contribution in [0, 0.1) is 36.8 Å². The maximum atomic E-state index is 12.8. The van der Waals surface area contributed by atoms with Gasteiger partial charge in [0, 0.05) is 10.0 Å². The first-order chi connectivity index (χ1) is 14.6. The molecule has 31 heavy (non-hydrogen) atoms. The molecule has 1 N–H and O–H groups in total. The van der Waals surface area contributed by atoms with Crippen LogP contribution in [0.15, 0.2) is 24.3 Å². The summed E-state index contributed by atoms with van der Waals surface area (Å²) in [7, 11) is 0. The predicted octanol–water partition coefficient (Wildman–Crippen LogP) is 4.54. The number of carbonyl (C=O) groups is 1. The van der Waals surface area contributed by atoms with Gasteiger partial charge in [0.2, 0.25) is 5.91 Å². The zero-order valence-electron chi connectivity index (χ0n) is 17.5. The van der Waals surface area contributed by atoms with E-state index in [9.17, 15) is 14.9 Å². The lowest BCUT2D eigenvalue weighted by Crippen LogP contribution is -2.25. The highest BCUT2D eigenvalue weighted by molar-refractivity contribution is 6.35. The number of aryl methyl sites for hydroxylation is 2. The highest BCUT2D eigenvalue weighted by Gasteiger charge is 2.23. The average Bonchev–Trinajstić information content (AvgIpc) is 3.18. The Bertz CT molecular complexity index is 1150. The largest absolute Gasteiger partial charge is 0.390 e. The number of benzene rings is 1. The summed E-state index contributed by atoms with van der Waals surface area (Å²) >= 11 is 12.2. The fourth-order valence-corrected chi connectivity index (χ4v) is 3.67. The van der Waals surface area contributed by atoms with E-state index in [1.165, 1.54) is 10.7 Å². The van der Waals surface area contributed by atoms with Crippen molar-refractivity contribution >= 4 is 40.6 Å². The van der Waals surface area contributed by atoms with Crippen LogP contribution < -0.4 is 5.32 Å². The maximum Gasteiger partial charge on any atom is 0.390 e. The van der Waals surface area contributed by atoms with Crippen LogP contribution in [0.2, 0.25) is 10.0 Å². The number of hydrogen-bond donors (Lipinski definition) is 1. The number of aromatic nitrogens is 4. The number of nitro groups is 1. The van der Waals surface area contributed by atoms with Gasteiger partial charge in [-0.05, 0) is 43.4 Å². The van der Waals surface area contributed by atoms with Crippen molar-refractivity contribution in [2.24, 2.45) is 5.92 Å². The molecule has 2 aromatic heterocycles. The Hall–Kier alpha value is -2.91. The zero-order valence-corrected chi connectivity index (χ0v) is 19.0. The lowest BCUT2D eigenvalue weighted by molar-refractivity contribution is -0.389. The number of nitrogens with zero attached hydrogens (tertiary/aromatic N) is 5. The first kappa shape index (κ1) is 22.8. The van der Waals surface area contributed by atoms with Crippen LogP contribution in [-0.2, 0) is 17.9 Å². The second-order valence-electron chi connectivity index (χ2n) is 7.41. The minimum absolute atomic E-state index is 0.220. The molecule has 0 saturated heterocycles. The van der Waals surface area contributed by atoms with E-state index < -0.39 is 10.8 Å². The predicted molar refractivity (Wildman–Crippen MR) is 119 cm³/mol. The molecule has 1 amide bonds. The van der Waals surface area contributed by atoms with Gasteiger partial charge in [-0.25, -0.2) is 0 Å². The molecule has 1 atom stereocenters. The van der Waals surface area contributed by atoms with Gasteiger partial charge in [0.15, 0.2) is 0 Å². The van der Waals surface area contributed by atoms with Crippen molar-refractivity contribution in [1.29, 1.82) is 0 Å². The highest BCUT2D eigenvalue weighted by atomic mass is 35.5. The zero-order chi connectivity index (χ0) is 22.9. The van der Waals surface area contributed by atoms with Crippen LogP contribution in [0.25, 0.3) is 0 Å². The monoisotopic (exact) mass is 464 g/mol. The topological polar surface area (TPSA) is 108 Å². The number of hydrogen-bond acceptors (Lipinski definition) is 5. The third-order valence-electron chi connectivity index (χ3n) is 5.01. The molecule has 11 heteroatoms. The molecule has 0 spiro atoms. The Morgan fingerprint density at radius 3 is 2.52 bits per heavy atom. The minimum atomic E-state index is -0.553. The summed E-state index contributed by atoms with van der Waals surface area (Å²) in [5, 5.41) is 23.4. The van der Waals surface area contributed by atoms with Gasteiger partial charge in [-0.1, -0.05) is 36.2 Å². The third-order valence-corrected chi connectivity index (χ3v) is 5.60. The van der Waals surface area contributed by atoms with Crippen LogP contribution in [0.1, 0.15) is 29.6 Å². The van der Waals surface area contributed by atoms with Gasteiger partial charge >= 0.3 is 5.82 Å². The van der Waals surface area contributed by atoms with Crippen molar-refractivity contribution in [1.82, 2.24) is 19.6 Å². The van der Waals surface area contributed by atoms with Gasteiger partial charge < -0.3 is 15.4 Å². The summed E-state index contributed by atoms with van der Waals surface area (Å²) in [4.78, 5) is 23.1. The molecule has 0 fully saturated rings. The maximum absolute atomic E-state index is 12.8. The quantitative estimate of drug-likeness (QED) is 0.407. The Morgan fingerprint density at radius 1 is 1.19 bits per heavy atom. The van der Waals surface area contributed by atoms with E-state index in [2.05, 4.69) is 15.5 Å². The molecule has 9 nitrogen and oxygen atoms in total.